The maximum atomic E-state index is 11.9. The van der Waals surface area contributed by atoms with E-state index in [2.05, 4.69) is 4.98 Å². The zero-order valence-electron chi connectivity index (χ0n) is 14.8. The zero-order valence-corrected chi connectivity index (χ0v) is 15.6. The summed E-state index contributed by atoms with van der Waals surface area (Å²) in [7, 11) is -4.00. The Bertz CT molecular complexity index is 1120. The van der Waals surface area contributed by atoms with E-state index in [-0.39, 0.29) is 22.2 Å². The highest BCUT2D eigenvalue weighted by atomic mass is 32.2. The Hall–Kier alpha value is -2.98. The van der Waals surface area contributed by atoms with Crippen molar-refractivity contribution in [3.8, 4) is 0 Å². The van der Waals surface area contributed by atoms with Crippen LogP contribution in [0.2, 0.25) is 0 Å². The molecule has 0 spiro atoms. The molecular formula is C18H18N4O5S. The number of non-ortho nitro benzene ring substituents is 1. The third-order valence-corrected chi connectivity index (χ3v) is 5.91. The lowest BCUT2D eigenvalue weighted by Gasteiger charge is -2.33. The van der Waals surface area contributed by atoms with Crippen molar-refractivity contribution in [3.05, 3.63) is 58.5 Å². The molecule has 2 N–H and O–H groups in total. The summed E-state index contributed by atoms with van der Waals surface area (Å²) < 4.78 is 29.7. The lowest BCUT2D eigenvalue weighted by atomic mass is 9.96. The van der Waals surface area contributed by atoms with E-state index in [1.165, 1.54) is 12.1 Å². The van der Waals surface area contributed by atoms with Crippen molar-refractivity contribution >= 4 is 32.5 Å². The third-order valence-electron chi connectivity index (χ3n) is 4.96. The number of benzene rings is 2. The standard InChI is InChI=1S/C18H18N4O5S/c19-28(25,26)17-6-5-13(22(23)24)11-15(17)21-9-7-12(8-10-21)18-20-14-3-1-2-4-16(14)27-18/h1-6,11-12H,7-10H2,(H2,19,25,26). The van der Waals surface area contributed by atoms with Crippen molar-refractivity contribution in [3.63, 3.8) is 0 Å². The van der Waals surface area contributed by atoms with Gasteiger partial charge in [0.25, 0.3) is 5.69 Å². The second-order valence-electron chi connectivity index (χ2n) is 6.74. The average Bonchev–Trinajstić information content (AvgIpc) is 3.11. The average molecular weight is 402 g/mol. The van der Waals surface area contributed by atoms with Crippen LogP contribution in [0.3, 0.4) is 0 Å². The first-order chi connectivity index (χ1) is 13.3. The number of nitro groups is 1. The molecule has 0 aliphatic carbocycles. The second-order valence-corrected chi connectivity index (χ2v) is 8.27. The van der Waals surface area contributed by atoms with Crippen molar-refractivity contribution < 1.29 is 17.8 Å². The highest BCUT2D eigenvalue weighted by molar-refractivity contribution is 7.89. The quantitative estimate of drug-likeness (QED) is 0.524. The fourth-order valence-electron chi connectivity index (χ4n) is 3.54. The number of nitro benzene ring substituents is 1. The van der Waals surface area contributed by atoms with Crippen LogP contribution >= 0.6 is 0 Å². The summed E-state index contributed by atoms with van der Waals surface area (Å²) in [5.74, 6) is 0.756. The highest BCUT2D eigenvalue weighted by Gasteiger charge is 2.28. The molecule has 1 saturated heterocycles. The topological polar surface area (TPSA) is 133 Å². The Balaban J connectivity index is 1.59. The fourth-order valence-corrected chi connectivity index (χ4v) is 4.28. The predicted octanol–water partition coefficient (Wildman–Crippen LogP) is 2.77. The summed E-state index contributed by atoms with van der Waals surface area (Å²) in [5.41, 5.74) is 1.61. The molecule has 1 aliphatic heterocycles. The van der Waals surface area contributed by atoms with Crippen molar-refractivity contribution in [2.24, 2.45) is 5.14 Å². The largest absolute Gasteiger partial charge is 0.440 e. The summed E-state index contributed by atoms with van der Waals surface area (Å²) in [5, 5.41) is 16.4. The van der Waals surface area contributed by atoms with Gasteiger partial charge in [-0.25, -0.2) is 18.5 Å². The first-order valence-corrected chi connectivity index (χ1v) is 10.3. The van der Waals surface area contributed by atoms with Crippen LogP contribution in [0.15, 0.2) is 51.8 Å². The zero-order chi connectivity index (χ0) is 19.9. The number of para-hydroxylation sites is 2. The Morgan fingerprint density at radius 3 is 2.54 bits per heavy atom. The number of hydrogen-bond acceptors (Lipinski definition) is 7. The SMILES string of the molecule is NS(=O)(=O)c1ccc([N+](=O)[O-])cc1N1CCC(c2nc3ccccc3o2)CC1. The summed E-state index contributed by atoms with van der Waals surface area (Å²) in [6.45, 7) is 1.01. The molecule has 4 rings (SSSR count). The molecule has 3 aromatic rings. The summed E-state index contributed by atoms with van der Waals surface area (Å²) in [6, 6.07) is 11.1. The minimum Gasteiger partial charge on any atom is -0.440 e. The minimum atomic E-state index is -4.00. The van der Waals surface area contributed by atoms with E-state index in [1.807, 2.05) is 29.2 Å². The molecule has 0 amide bonds. The third kappa shape index (κ3) is 3.43. The molecule has 146 valence electrons. The van der Waals surface area contributed by atoms with E-state index >= 15 is 0 Å². The number of nitrogens with zero attached hydrogens (tertiary/aromatic N) is 3. The molecule has 28 heavy (non-hydrogen) atoms. The van der Waals surface area contributed by atoms with Crippen LogP contribution in [-0.2, 0) is 10.0 Å². The molecule has 9 nitrogen and oxygen atoms in total. The summed E-state index contributed by atoms with van der Waals surface area (Å²) >= 11 is 0. The van der Waals surface area contributed by atoms with Gasteiger partial charge in [-0.1, -0.05) is 12.1 Å². The van der Waals surface area contributed by atoms with E-state index in [9.17, 15) is 18.5 Å². The number of piperidine rings is 1. The monoisotopic (exact) mass is 402 g/mol. The molecule has 0 radical (unpaired) electrons. The van der Waals surface area contributed by atoms with Gasteiger partial charge in [0.2, 0.25) is 10.0 Å². The number of nitrogens with two attached hydrogens (primary N) is 1. The number of anilines is 1. The normalized spacial score (nSPS) is 15.8. The number of primary sulfonamides is 1. The van der Waals surface area contributed by atoms with Crippen LogP contribution in [0.1, 0.15) is 24.7 Å². The number of aromatic nitrogens is 1. The van der Waals surface area contributed by atoms with Gasteiger partial charge in [-0.15, -0.1) is 0 Å². The molecule has 1 aliphatic rings. The van der Waals surface area contributed by atoms with E-state index in [0.717, 1.165) is 17.2 Å². The lowest BCUT2D eigenvalue weighted by molar-refractivity contribution is -0.384. The van der Waals surface area contributed by atoms with Gasteiger partial charge in [-0.05, 0) is 31.0 Å². The van der Waals surface area contributed by atoms with E-state index < -0.39 is 14.9 Å². The van der Waals surface area contributed by atoms with Crippen LogP contribution in [0.5, 0.6) is 0 Å². The molecule has 0 unspecified atom stereocenters. The van der Waals surface area contributed by atoms with Gasteiger partial charge in [-0.3, -0.25) is 10.1 Å². The Kier molecular flexibility index (Phi) is 4.52. The van der Waals surface area contributed by atoms with Gasteiger partial charge in [0, 0.05) is 31.1 Å². The predicted molar refractivity (Wildman–Crippen MR) is 103 cm³/mol. The van der Waals surface area contributed by atoms with Crippen molar-refractivity contribution in [1.29, 1.82) is 0 Å². The number of rotatable bonds is 4. The Morgan fingerprint density at radius 1 is 1.18 bits per heavy atom. The van der Waals surface area contributed by atoms with E-state index in [0.29, 0.717) is 31.8 Å². The Labute approximate surface area is 161 Å². The van der Waals surface area contributed by atoms with Crippen LogP contribution in [0.25, 0.3) is 11.1 Å². The van der Waals surface area contributed by atoms with Crippen LogP contribution in [0, 0.1) is 10.1 Å². The van der Waals surface area contributed by atoms with Gasteiger partial charge in [0.15, 0.2) is 11.5 Å². The molecule has 10 heteroatoms. The molecule has 1 aromatic heterocycles. The van der Waals surface area contributed by atoms with Crippen LogP contribution < -0.4 is 10.0 Å². The first-order valence-electron chi connectivity index (χ1n) is 8.74. The van der Waals surface area contributed by atoms with Crippen LogP contribution in [0.4, 0.5) is 11.4 Å². The van der Waals surface area contributed by atoms with Gasteiger partial charge in [0.1, 0.15) is 10.4 Å². The highest BCUT2D eigenvalue weighted by Crippen LogP contribution is 2.35. The smallest absolute Gasteiger partial charge is 0.271 e. The fraction of sp³-hybridized carbons (Fsp3) is 0.278. The first kappa shape index (κ1) is 18.4. The Morgan fingerprint density at radius 2 is 1.89 bits per heavy atom. The minimum absolute atomic E-state index is 0.0975. The molecule has 0 saturated carbocycles. The maximum Gasteiger partial charge on any atom is 0.271 e. The molecule has 0 bridgehead atoms. The maximum absolute atomic E-state index is 11.9. The lowest BCUT2D eigenvalue weighted by Crippen LogP contribution is -2.34. The van der Waals surface area contributed by atoms with Gasteiger partial charge >= 0.3 is 0 Å². The summed E-state index contributed by atoms with van der Waals surface area (Å²) in [4.78, 5) is 16.8. The van der Waals surface area contributed by atoms with E-state index in [1.54, 1.807) is 0 Å². The van der Waals surface area contributed by atoms with Crippen molar-refractivity contribution in [1.82, 2.24) is 4.98 Å². The van der Waals surface area contributed by atoms with Crippen LogP contribution in [-0.4, -0.2) is 31.4 Å². The molecule has 2 heterocycles. The number of hydrogen-bond donors (Lipinski definition) is 1. The summed E-state index contributed by atoms with van der Waals surface area (Å²) in [6.07, 6.45) is 1.36. The molecular weight excluding hydrogens is 384 g/mol. The molecule has 0 atom stereocenters. The van der Waals surface area contributed by atoms with Gasteiger partial charge in [0.05, 0.1) is 10.6 Å². The molecule has 1 fully saturated rings. The number of sulfonamides is 1. The van der Waals surface area contributed by atoms with Gasteiger partial charge < -0.3 is 9.32 Å². The van der Waals surface area contributed by atoms with Crippen molar-refractivity contribution in [2.45, 2.75) is 23.7 Å². The number of oxazole rings is 1. The molecule has 2 aromatic carbocycles. The second kappa shape index (κ2) is 6.88. The number of fused-ring (bicyclic) bond motifs is 1. The van der Waals surface area contributed by atoms with Gasteiger partial charge in [-0.2, -0.15) is 0 Å². The van der Waals surface area contributed by atoms with E-state index in [4.69, 9.17) is 9.56 Å². The van der Waals surface area contributed by atoms with Crippen molar-refractivity contribution in [2.75, 3.05) is 18.0 Å².